The molecule has 1 aromatic rings. The predicted octanol–water partition coefficient (Wildman–Crippen LogP) is 3.00. The number of benzene rings is 1. The van der Waals surface area contributed by atoms with Gasteiger partial charge in [-0.2, -0.15) is 4.31 Å². The highest BCUT2D eigenvalue weighted by atomic mass is 32.2. The second-order valence-electron chi connectivity index (χ2n) is 5.99. The molecule has 0 saturated carbocycles. The van der Waals surface area contributed by atoms with Crippen LogP contribution in [0.2, 0.25) is 0 Å². The molecule has 1 unspecified atom stereocenters. The standard InChI is InChI=1S/C16H24N2O2S/c1-2-13-7-3-4-12-18(13)21(19,20)16-10-5-9-15-14(16)8-6-11-17-15/h5,9-10,13,17H,2-4,6-8,11-12H2,1H3. The molecule has 2 aliphatic rings. The summed E-state index contributed by atoms with van der Waals surface area (Å²) in [6, 6.07) is 5.79. The van der Waals surface area contributed by atoms with Crippen molar-refractivity contribution < 1.29 is 8.42 Å². The largest absolute Gasteiger partial charge is 0.385 e. The van der Waals surface area contributed by atoms with Gasteiger partial charge < -0.3 is 5.32 Å². The van der Waals surface area contributed by atoms with Gasteiger partial charge in [-0.25, -0.2) is 8.42 Å². The zero-order valence-electron chi connectivity index (χ0n) is 12.6. The van der Waals surface area contributed by atoms with Gasteiger partial charge in [0, 0.05) is 24.8 Å². The lowest BCUT2D eigenvalue weighted by Gasteiger charge is -2.35. The van der Waals surface area contributed by atoms with Gasteiger partial charge in [-0.05, 0) is 49.8 Å². The molecule has 1 atom stereocenters. The Balaban J connectivity index is 2.02. The minimum Gasteiger partial charge on any atom is -0.385 e. The molecule has 1 fully saturated rings. The Morgan fingerprint density at radius 2 is 2.14 bits per heavy atom. The van der Waals surface area contributed by atoms with E-state index in [9.17, 15) is 8.42 Å². The third kappa shape index (κ3) is 2.69. The molecule has 0 radical (unpaired) electrons. The van der Waals surface area contributed by atoms with E-state index in [0.717, 1.165) is 56.3 Å². The fourth-order valence-electron chi connectivity index (χ4n) is 3.54. The van der Waals surface area contributed by atoms with E-state index in [1.807, 2.05) is 12.1 Å². The molecule has 3 rings (SSSR count). The number of hydrogen-bond acceptors (Lipinski definition) is 3. The summed E-state index contributed by atoms with van der Waals surface area (Å²) in [5, 5.41) is 3.32. The van der Waals surface area contributed by atoms with Crippen molar-refractivity contribution in [2.24, 2.45) is 0 Å². The van der Waals surface area contributed by atoms with Crippen molar-refractivity contribution in [3.63, 3.8) is 0 Å². The van der Waals surface area contributed by atoms with Crippen molar-refractivity contribution in [2.75, 3.05) is 18.4 Å². The summed E-state index contributed by atoms with van der Waals surface area (Å²) in [4.78, 5) is 0.521. The molecule has 1 N–H and O–H groups in total. The number of anilines is 1. The topological polar surface area (TPSA) is 49.4 Å². The van der Waals surface area contributed by atoms with Crippen LogP contribution >= 0.6 is 0 Å². The summed E-state index contributed by atoms with van der Waals surface area (Å²) in [5.41, 5.74) is 1.97. The highest BCUT2D eigenvalue weighted by Crippen LogP contribution is 2.33. The van der Waals surface area contributed by atoms with Crippen LogP contribution in [0.25, 0.3) is 0 Å². The minimum absolute atomic E-state index is 0.163. The van der Waals surface area contributed by atoms with Crippen molar-refractivity contribution >= 4 is 15.7 Å². The minimum atomic E-state index is -3.37. The second-order valence-corrected chi connectivity index (χ2v) is 7.85. The summed E-state index contributed by atoms with van der Waals surface area (Å²) in [5.74, 6) is 0. The Kier molecular flexibility index (Phi) is 4.22. The zero-order chi connectivity index (χ0) is 14.9. The van der Waals surface area contributed by atoms with E-state index in [-0.39, 0.29) is 6.04 Å². The molecular weight excluding hydrogens is 284 g/mol. The van der Waals surface area contributed by atoms with Gasteiger partial charge in [-0.1, -0.05) is 19.4 Å². The predicted molar refractivity (Wildman–Crippen MR) is 85.1 cm³/mol. The quantitative estimate of drug-likeness (QED) is 0.934. The number of nitrogens with zero attached hydrogens (tertiary/aromatic N) is 1. The number of rotatable bonds is 3. The van der Waals surface area contributed by atoms with Gasteiger partial charge >= 0.3 is 0 Å². The van der Waals surface area contributed by atoms with Crippen molar-refractivity contribution in [1.29, 1.82) is 0 Å². The van der Waals surface area contributed by atoms with Crippen molar-refractivity contribution in [1.82, 2.24) is 4.31 Å². The Morgan fingerprint density at radius 3 is 2.95 bits per heavy atom. The van der Waals surface area contributed by atoms with Gasteiger partial charge in [0.1, 0.15) is 0 Å². The van der Waals surface area contributed by atoms with E-state index in [4.69, 9.17) is 0 Å². The maximum absolute atomic E-state index is 13.1. The summed E-state index contributed by atoms with van der Waals surface area (Å²) in [7, 11) is -3.37. The highest BCUT2D eigenvalue weighted by Gasteiger charge is 2.34. The van der Waals surface area contributed by atoms with Crippen LogP contribution in [-0.4, -0.2) is 31.9 Å². The third-order valence-electron chi connectivity index (χ3n) is 4.68. The molecular formula is C16H24N2O2S. The van der Waals surface area contributed by atoms with Gasteiger partial charge in [0.25, 0.3) is 0 Å². The van der Waals surface area contributed by atoms with E-state index < -0.39 is 10.0 Å². The van der Waals surface area contributed by atoms with Crippen LogP contribution in [-0.2, 0) is 16.4 Å². The highest BCUT2D eigenvalue weighted by molar-refractivity contribution is 7.89. The Hall–Kier alpha value is -1.07. The van der Waals surface area contributed by atoms with Gasteiger partial charge in [0.15, 0.2) is 0 Å². The number of piperidine rings is 1. The lowest BCUT2D eigenvalue weighted by molar-refractivity contribution is 0.246. The summed E-state index contributed by atoms with van der Waals surface area (Å²) < 4.78 is 28.0. The Morgan fingerprint density at radius 1 is 1.29 bits per heavy atom. The van der Waals surface area contributed by atoms with Gasteiger partial charge in [0.05, 0.1) is 4.90 Å². The first-order valence-corrected chi connectivity index (χ1v) is 9.46. The van der Waals surface area contributed by atoms with Crippen LogP contribution in [0, 0.1) is 0 Å². The van der Waals surface area contributed by atoms with E-state index in [1.54, 1.807) is 10.4 Å². The Bertz CT molecular complexity index is 613. The zero-order valence-corrected chi connectivity index (χ0v) is 13.5. The molecule has 0 amide bonds. The van der Waals surface area contributed by atoms with E-state index in [2.05, 4.69) is 12.2 Å². The molecule has 2 aliphatic heterocycles. The van der Waals surface area contributed by atoms with Crippen LogP contribution in [0.15, 0.2) is 23.1 Å². The molecule has 0 aliphatic carbocycles. The Labute approximate surface area is 127 Å². The van der Waals surface area contributed by atoms with Gasteiger partial charge in [-0.3, -0.25) is 0 Å². The van der Waals surface area contributed by atoms with Crippen molar-refractivity contribution in [3.8, 4) is 0 Å². The number of nitrogens with one attached hydrogen (secondary N) is 1. The molecule has 4 nitrogen and oxygen atoms in total. The monoisotopic (exact) mass is 308 g/mol. The molecule has 2 heterocycles. The van der Waals surface area contributed by atoms with Crippen LogP contribution in [0.1, 0.15) is 44.6 Å². The van der Waals surface area contributed by atoms with Gasteiger partial charge in [0.2, 0.25) is 10.0 Å². The lowest BCUT2D eigenvalue weighted by atomic mass is 10.0. The molecule has 1 saturated heterocycles. The molecule has 0 aromatic heterocycles. The average Bonchev–Trinajstić information content (AvgIpc) is 2.54. The third-order valence-corrected chi connectivity index (χ3v) is 6.72. The normalized spacial score (nSPS) is 23.4. The molecule has 21 heavy (non-hydrogen) atoms. The summed E-state index contributed by atoms with van der Waals surface area (Å²) >= 11 is 0. The summed E-state index contributed by atoms with van der Waals surface area (Å²) in [6.07, 6.45) is 5.84. The maximum atomic E-state index is 13.1. The van der Waals surface area contributed by atoms with Crippen LogP contribution < -0.4 is 5.32 Å². The fourth-order valence-corrected chi connectivity index (χ4v) is 5.59. The SMILES string of the molecule is CCC1CCCCN1S(=O)(=O)c1cccc2c1CCCN2. The lowest BCUT2D eigenvalue weighted by Crippen LogP contribution is -2.43. The van der Waals surface area contributed by atoms with Crippen molar-refractivity contribution in [2.45, 2.75) is 56.4 Å². The first-order chi connectivity index (χ1) is 10.1. The van der Waals surface area contributed by atoms with Crippen LogP contribution in [0.3, 0.4) is 0 Å². The smallest absolute Gasteiger partial charge is 0.243 e. The molecule has 1 aromatic carbocycles. The fraction of sp³-hybridized carbons (Fsp3) is 0.625. The molecule has 0 spiro atoms. The number of hydrogen-bond donors (Lipinski definition) is 1. The van der Waals surface area contributed by atoms with Crippen LogP contribution in [0.4, 0.5) is 5.69 Å². The van der Waals surface area contributed by atoms with E-state index in [0.29, 0.717) is 11.4 Å². The van der Waals surface area contributed by atoms with Crippen LogP contribution in [0.5, 0.6) is 0 Å². The van der Waals surface area contributed by atoms with Crippen molar-refractivity contribution in [3.05, 3.63) is 23.8 Å². The van der Waals surface area contributed by atoms with Gasteiger partial charge in [-0.15, -0.1) is 0 Å². The van der Waals surface area contributed by atoms with E-state index in [1.165, 1.54) is 0 Å². The van der Waals surface area contributed by atoms with E-state index >= 15 is 0 Å². The molecule has 116 valence electrons. The first kappa shape index (κ1) is 14.9. The molecule has 0 bridgehead atoms. The second kappa shape index (κ2) is 5.97. The average molecular weight is 308 g/mol. The maximum Gasteiger partial charge on any atom is 0.243 e. The number of fused-ring (bicyclic) bond motifs is 1. The first-order valence-electron chi connectivity index (χ1n) is 8.02. The summed E-state index contributed by atoms with van der Waals surface area (Å²) in [6.45, 7) is 3.68. The molecule has 5 heteroatoms. The number of sulfonamides is 1.